The molecular weight excluding hydrogens is 230 g/mol. The number of nitrogens with zero attached hydrogens (tertiary/aromatic N) is 2. The smallest absolute Gasteiger partial charge is 0.354 e. The van der Waals surface area contributed by atoms with Gasteiger partial charge in [0.05, 0.1) is 0 Å². The molecule has 2 atom stereocenters. The Kier molecular flexibility index (Phi) is 4.12. The molecule has 2 rings (SSSR count). The van der Waals surface area contributed by atoms with Crippen molar-refractivity contribution < 1.29 is 9.90 Å². The molecule has 0 bridgehead atoms. The molecule has 0 aromatic carbocycles. The first-order valence-electron chi connectivity index (χ1n) is 6.47. The van der Waals surface area contributed by atoms with Crippen molar-refractivity contribution in [3.05, 3.63) is 18.0 Å². The maximum atomic E-state index is 10.8. The van der Waals surface area contributed by atoms with Gasteiger partial charge in [0.15, 0.2) is 5.69 Å². The summed E-state index contributed by atoms with van der Waals surface area (Å²) in [6, 6.07) is 1.40. The molecule has 0 radical (unpaired) electrons. The highest BCUT2D eigenvalue weighted by molar-refractivity contribution is 5.85. The summed E-state index contributed by atoms with van der Waals surface area (Å²) >= 11 is 0. The minimum Gasteiger partial charge on any atom is -0.477 e. The Balaban J connectivity index is 1.93. The maximum Gasteiger partial charge on any atom is 0.354 e. The number of aromatic carboxylic acids is 1. The summed E-state index contributed by atoms with van der Waals surface area (Å²) < 4.78 is 0. The van der Waals surface area contributed by atoms with Gasteiger partial charge in [-0.25, -0.2) is 14.8 Å². The number of aromatic nitrogens is 2. The molecule has 0 amide bonds. The van der Waals surface area contributed by atoms with Gasteiger partial charge in [0.1, 0.15) is 0 Å². The number of anilines is 1. The Hall–Kier alpha value is -1.65. The van der Waals surface area contributed by atoms with Gasteiger partial charge in [-0.1, -0.05) is 26.2 Å². The predicted octanol–water partition coefficient (Wildman–Crippen LogP) is 2.41. The average Bonchev–Trinajstić information content (AvgIpc) is 2.38. The third kappa shape index (κ3) is 3.18. The third-order valence-corrected chi connectivity index (χ3v) is 3.69. The summed E-state index contributed by atoms with van der Waals surface area (Å²) in [6.07, 6.45) is 6.59. The monoisotopic (exact) mass is 249 g/mol. The molecule has 2 unspecified atom stereocenters. The van der Waals surface area contributed by atoms with E-state index in [4.69, 9.17) is 5.11 Å². The van der Waals surface area contributed by atoms with Crippen molar-refractivity contribution in [3.63, 3.8) is 0 Å². The molecule has 1 aliphatic carbocycles. The molecule has 1 heterocycles. The van der Waals surface area contributed by atoms with Crippen molar-refractivity contribution in [2.45, 2.75) is 32.6 Å². The van der Waals surface area contributed by atoms with Crippen LogP contribution in [-0.4, -0.2) is 27.6 Å². The van der Waals surface area contributed by atoms with E-state index in [1.807, 2.05) is 0 Å². The Bertz CT molecular complexity index is 422. The first kappa shape index (κ1) is 12.8. The molecule has 0 saturated heterocycles. The van der Waals surface area contributed by atoms with Gasteiger partial charge in [0.25, 0.3) is 0 Å². The lowest BCUT2D eigenvalue weighted by molar-refractivity contribution is 0.0690. The number of nitrogens with one attached hydrogen (secondary N) is 1. The van der Waals surface area contributed by atoms with E-state index in [0.717, 1.165) is 6.54 Å². The van der Waals surface area contributed by atoms with Crippen LogP contribution < -0.4 is 5.32 Å². The van der Waals surface area contributed by atoms with E-state index in [1.165, 1.54) is 37.9 Å². The Morgan fingerprint density at radius 3 is 3.00 bits per heavy atom. The van der Waals surface area contributed by atoms with Crippen LogP contribution in [-0.2, 0) is 0 Å². The minimum atomic E-state index is -1.02. The highest BCUT2D eigenvalue weighted by atomic mass is 16.4. The van der Waals surface area contributed by atoms with Crippen molar-refractivity contribution in [3.8, 4) is 0 Å². The van der Waals surface area contributed by atoms with E-state index >= 15 is 0 Å². The second-order valence-electron chi connectivity index (χ2n) is 4.97. The van der Waals surface area contributed by atoms with Crippen LogP contribution in [0.1, 0.15) is 43.1 Å². The molecule has 1 aliphatic rings. The van der Waals surface area contributed by atoms with E-state index in [1.54, 1.807) is 0 Å². The lowest BCUT2D eigenvalue weighted by Gasteiger charge is -2.28. The Morgan fingerprint density at radius 1 is 1.50 bits per heavy atom. The van der Waals surface area contributed by atoms with Crippen LogP contribution in [0.15, 0.2) is 12.3 Å². The molecule has 1 aromatic heterocycles. The number of carboxylic acids is 1. The largest absolute Gasteiger partial charge is 0.477 e. The summed E-state index contributed by atoms with van der Waals surface area (Å²) in [7, 11) is 0. The molecule has 0 spiro atoms. The van der Waals surface area contributed by atoms with Crippen LogP contribution in [0.3, 0.4) is 0 Å². The van der Waals surface area contributed by atoms with Crippen LogP contribution in [0.5, 0.6) is 0 Å². The molecule has 98 valence electrons. The van der Waals surface area contributed by atoms with E-state index in [0.29, 0.717) is 17.8 Å². The topological polar surface area (TPSA) is 75.1 Å². The van der Waals surface area contributed by atoms with Crippen LogP contribution in [0.2, 0.25) is 0 Å². The molecule has 1 aromatic rings. The molecular formula is C13H19N3O2. The summed E-state index contributed by atoms with van der Waals surface area (Å²) in [4.78, 5) is 18.8. The SMILES string of the molecule is CC1CCCCC1CNc1nccc(C(=O)O)n1. The second kappa shape index (κ2) is 5.80. The Morgan fingerprint density at radius 2 is 2.28 bits per heavy atom. The second-order valence-corrected chi connectivity index (χ2v) is 4.97. The van der Waals surface area contributed by atoms with Gasteiger partial charge in [-0.2, -0.15) is 0 Å². The lowest BCUT2D eigenvalue weighted by atomic mass is 9.80. The van der Waals surface area contributed by atoms with Gasteiger partial charge in [0.2, 0.25) is 5.95 Å². The lowest BCUT2D eigenvalue weighted by Crippen LogP contribution is -2.25. The molecule has 2 N–H and O–H groups in total. The number of hydrogen-bond donors (Lipinski definition) is 2. The Labute approximate surface area is 107 Å². The summed E-state index contributed by atoms with van der Waals surface area (Å²) in [5.74, 6) is 0.740. The number of rotatable bonds is 4. The summed E-state index contributed by atoms with van der Waals surface area (Å²) in [5, 5.41) is 12.0. The normalized spacial score (nSPS) is 23.6. The number of hydrogen-bond acceptors (Lipinski definition) is 4. The van der Waals surface area contributed by atoms with Crippen molar-refractivity contribution in [1.82, 2.24) is 9.97 Å². The van der Waals surface area contributed by atoms with Crippen molar-refractivity contribution in [2.24, 2.45) is 11.8 Å². The first-order valence-corrected chi connectivity index (χ1v) is 6.47. The van der Waals surface area contributed by atoms with Crippen molar-refractivity contribution in [1.29, 1.82) is 0 Å². The zero-order valence-corrected chi connectivity index (χ0v) is 10.6. The average molecular weight is 249 g/mol. The fourth-order valence-electron chi connectivity index (χ4n) is 2.48. The summed E-state index contributed by atoms with van der Waals surface area (Å²) in [5.41, 5.74) is 0.0317. The quantitative estimate of drug-likeness (QED) is 0.857. The molecule has 18 heavy (non-hydrogen) atoms. The molecule has 0 aliphatic heterocycles. The zero-order valence-electron chi connectivity index (χ0n) is 10.6. The van der Waals surface area contributed by atoms with Gasteiger partial charge in [-0.15, -0.1) is 0 Å². The fraction of sp³-hybridized carbons (Fsp3) is 0.615. The van der Waals surface area contributed by atoms with E-state index in [-0.39, 0.29) is 5.69 Å². The number of carbonyl (C=O) groups is 1. The van der Waals surface area contributed by atoms with Crippen LogP contribution in [0.25, 0.3) is 0 Å². The van der Waals surface area contributed by atoms with Crippen molar-refractivity contribution in [2.75, 3.05) is 11.9 Å². The van der Waals surface area contributed by atoms with Crippen LogP contribution in [0, 0.1) is 11.8 Å². The minimum absolute atomic E-state index is 0.0317. The standard InChI is InChI=1S/C13H19N3O2/c1-9-4-2-3-5-10(9)8-15-13-14-7-6-11(16-13)12(17)18/h6-7,9-10H,2-5,8H2,1H3,(H,17,18)(H,14,15,16). The van der Waals surface area contributed by atoms with Gasteiger partial charge < -0.3 is 10.4 Å². The van der Waals surface area contributed by atoms with Crippen molar-refractivity contribution >= 4 is 11.9 Å². The predicted molar refractivity (Wildman–Crippen MR) is 68.6 cm³/mol. The van der Waals surface area contributed by atoms with Crippen LogP contribution in [0.4, 0.5) is 5.95 Å². The molecule has 5 heteroatoms. The maximum absolute atomic E-state index is 10.8. The van der Waals surface area contributed by atoms with Gasteiger partial charge >= 0.3 is 5.97 Å². The van der Waals surface area contributed by atoms with Gasteiger partial charge in [0, 0.05) is 12.7 Å². The van der Waals surface area contributed by atoms with Gasteiger partial charge in [-0.05, 0) is 24.3 Å². The van der Waals surface area contributed by atoms with Gasteiger partial charge in [-0.3, -0.25) is 0 Å². The zero-order chi connectivity index (χ0) is 13.0. The van der Waals surface area contributed by atoms with E-state index in [9.17, 15) is 4.79 Å². The van der Waals surface area contributed by atoms with Crippen LogP contribution >= 0.6 is 0 Å². The summed E-state index contributed by atoms with van der Waals surface area (Å²) in [6.45, 7) is 3.10. The molecule has 1 fully saturated rings. The van der Waals surface area contributed by atoms with E-state index in [2.05, 4.69) is 22.2 Å². The number of carboxylic acid groups (broad SMARTS) is 1. The highest BCUT2D eigenvalue weighted by Gasteiger charge is 2.21. The third-order valence-electron chi connectivity index (χ3n) is 3.69. The highest BCUT2D eigenvalue weighted by Crippen LogP contribution is 2.29. The molecule has 5 nitrogen and oxygen atoms in total. The fourth-order valence-corrected chi connectivity index (χ4v) is 2.48. The first-order chi connectivity index (χ1) is 8.66. The molecule has 1 saturated carbocycles. The van der Waals surface area contributed by atoms with E-state index < -0.39 is 5.97 Å².